The average molecular weight is 155 g/mol. The van der Waals surface area contributed by atoms with E-state index < -0.39 is 0 Å². The Bertz CT molecular complexity index is 136. The van der Waals surface area contributed by atoms with E-state index in [1.165, 1.54) is 18.6 Å². The van der Waals surface area contributed by atoms with Crippen molar-refractivity contribution in [3.8, 4) is 0 Å². The molecule has 1 unspecified atom stereocenters. The van der Waals surface area contributed by atoms with Gasteiger partial charge in [-0.25, -0.2) is 0 Å². The normalized spacial score (nSPS) is 25.6. The highest BCUT2D eigenvalue weighted by Crippen LogP contribution is 2.08. The Morgan fingerprint density at radius 1 is 1.73 bits per heavy atom. The molecule has 0 spiro atoms. The molecule has 1 aliphatic rings. The molecule has 0 amide bonds. The highest BCUT2D eigenvalue weighted by atomic mass is 15.3. The predicted octanol–water partition coefficient (Wildman–Crippen LogP) is 0.724. The Hall–Kier alpha value is -0.570. The van der Waals surface area contributed by atoms with E-state index in [0.717, 1.165) is 13.0 Å². The molecule has 0 aromatic rings. The summed E-state index contributed by atoms with van der Waals surface area (Å²) in [6.45, 7) is 3.30. The maximum atomic E-state index is 4.23. The third kappa shape index (κ3) is 2.19. The zero-order valence-electron chi connectivity index (χ0n) is 7.35. The van der Waals surface area contributed by atoms with Gasteiger partial charge < -0.3 is 10.7 Å². The van der Waals surface area contributed by atoms with E-state index >= 15 is 0 Å². The van der Waals surface area contributed by atoms with Gasteiger partial charge in [0.15, 0.2) is 0 Å². The van der Waals surface area contributed by atoms with Crippen molar-refractivity contribution in [2.45, 2.75) is 32.2 Å². The monoisotopic (exact) mass is 155 g/mol. The first-order chi connectivity index (χ1) is 5.38. The maximum absolute atomic E-state index is 4.23. The van der Waals surface area contributed by atoms with Crippen LogP contribution in [-0.4, -0.2) is 25.3 Å². The Balaban J connectivity index is 2.46. The van der Waals surface area contributed by atoms with Gasteiger partial charge in [-0.15, -0.1) is 0 Å². The number of hydrazone groups is 1. The van der Waals surface area contributed by atoms with Crippen LogP contribution >= 0.6 is 0 Å². The molecule has 1 atom stereocenters. The molecule has 3 heteroatoms. The first kappa shape index (κ1) is 8.53. The summed E-state index contributed by atoms with van der Waals surface area (Å²) in [5, 5.41) is 7.65. The van der Waals surface area contributed by atoms with E-state index in [-0.39, 0.29) is 0 Å². The largest absolute Gasteiger partial charge is 0.313 e. The fourth-order valence-electron chi connectivity index (χ4n) is 1.52. The summed E-state index contributed by atoms with van der Waals surface area (Å²) in [7, 11) is 1.85. The van der Waals surface area contributed by atoms with Crippen molar-refractivity contribution in [3.05, 3.63) is 0 Å². The number of rotatable bonds is 3. The summed E-state index contributed by atoms with van der Waals surface area (Å²) >= 11 is 0. The van der Waals surface area contributed by atoms with Gasteiger partial charge >= 0.3 is 0 Å². The molecule has 1 rings (SSSR count). The van der Waals surface area contributed by atoms with Crippen molar-refractivity contribution in [1.29, 1.82) is 0 Å². The fourth-order valence-corrected chi connectivity index (χ4v) is 1.52. The van der Waals surface area contributed by atoms with Crippen LogP contribution in [0, 0.1) is 0 Å². The van der Waals surface area contributed by atoms with Gasteiger partial charge in [-0.3, -0.25) is 0 Å². The molecule has 1 fully saturated rings. The molecule has 1 aliphatic heterocycles. The van der Waals surface area contributed by atoms with Crippen molar-refractivity contribution in [2.24, 2.45) is 5.10 Å². The third-order valence-electron chi connectivity index (χ3n) is 2.08. The molecule has 0 saturated carbocycles. The van der Waals surface area contributed by atoms with Crippen molar-refractivity contribution in [2.75, 3.05) is 13.6 Å². The van der Waals surface area contributed by atoms with Crippen LogP contribution in [0.5, 0.6) is 0 Å². The van der Waals surface area contributed by atoms with Gasteiger partial charge in [0.1, 0.15) is 0 Å². The molecule has 0 aromatic carbocycles. The zero-order valence-corrected chi connectivity index (χ0v) is 7.35. The lowest BCUT2D eigenvalue weighted by Gasteiger charge is -2.11. The maximum Gasteiger partial charge on any atom is 0.0544 e. The van der Waals surface area contributed by atoms with Gasteiger partial charge in [0, 0.05) is 13.1 Å². The SMILES string of the molecule is CC/C(=N\NC)C1CCCN1. The van der Waals surface area contributed by atoms with Crippen LogP contribution in [0.25, 0.3) is 0 Å². The molecule has 3 nitrogen and oxygen atoms in total. The van der Waals surface area contributed by atoms with Crippen LogP contribution in [0.3, 0.4) is 0 Å². The summed E-state index contributed by atoms with van der Waals surface area (Å²) in [6, 6.07) is 0.535. The molecule has 0 aromatic heterocycles. The first-order valence-corrected chi connectivity index (χ1v) is 4.35. The van der Waals surface area contributed by atoms with Crippen LogP contribution in [0.15, 0.2) is 5.10 Å². The Morgan fingerprint density at radius 2 is 2.55 bits per heavy atom. The van der Waals surface area contributed by atoms with Gasteiger partial charge in [-0.05, 0) is 25.8 Å². The molecular formula is C8H17N3. The second-order valence-electron chi connectivity index (χ2n) is 2.83. The highest BCUT2D eigenvalue weighted by Gasteiger charge is 2.18. The van der Waals surface area contributed by atoms with Gasteiger partial charge in [-0.2, -0.15) is 5.10 Å². The van der Waals surface area contributed by atoms with Crippen LogP contribution in [0.1, 0.15) is 26.2 Å². The molecule has 2 N–H and O–H groups in total. The molecule has 1 saturated heterocycles. The van der Waals surface area contributed by atoms with Crippen molar-refractivity contribution in [3.63, 3.8) is 0 Å². The van der Waals surface area contributed by atoms with Crippen LogP contribution in [-0.2, 0) is 0 Å². The molecule has 64 valence electrons. The van der Waals surface area contributed by atoms with E-state index in [1.54, 1.807) is 0 Å². The predicted molar refractivity (Wildman–Crippen MR) is 47.8 cm³/mol. The summed E-state index contributed by atoms with van der Waals surface area (Å²) in [6.07, 6.45) is 3.57. The van der Waals surface area contributed by atoms with E-state index in [1.807, 2.05) is 7.05 Å². The average Bonchev–Trinajstić information content (AvgIpc) is 2.52. The van der Waals surface area contributed by atoms with Crippen molar-refractivity contribution in [1.82, 2.24) is 10.7 Å². The molecule has 0 aliphatic carbocycles. The second kappa shape index (κ2) is 4.34. The summed E-state index contributed by atoms with van der Waals surface area (Å²) in [4.78, 5) is 0. The lowest BCUT2D eigenvalue weighted by molar-refractivity contribution is 0.732. The molecule has 11 heavy (non-hydrogen) atoms. The van der Waals surface area contributed by atoms with E-state index in [4.69, 9.17) is 0 Å². The second-order valence-corrected chi connectivity index (χ2v) is 2.83. The molecular weight excluding hydrogens is 138 g/mol. The van der Waals surface area contributed by atoms with Crippen LogP contribution in [0.4, 0.5) is 0 Å². The van der Waals surface area contributed by atoms with Crippen LogP contribution < -0.4 is 10.7 Å². The van der Waals surface area contributed by atoms with E-state index in [0.29, 0.717) is 6.04 Å². The van der Waals surface area contributed by atoms with E-state index in [9.17, 15) is 0 Å². The van der Waals surface area contributed by atoms with Gasteiger partial charge in [0.25, 0.3) is 0 Å². The quantitative estimate of drug-likeness (QED) is 0.465. The molecule has 0 bridgehead atoms. The summed E-state index contributed by atoms with van der Waals surface area (Å²) < 4.78 is 0. The minimum Gasteiger partial charge on any atom is -0.313 e. The standard InChI is InChI=1S/C8H17N3/c1-3-7(11-9-2)8-5-4-6-10-8/h8-10H,3-6H2,1-2H3/b11-7+. The van der Waals surface area contributed by atoms with Gasteiger partial charge in [0.2, 0.25) is 0 Å². The molecule has 1 heterocycles. The van der Waals surface area contributed by atoms with Crippen molar-refractivity contribution >= 4 is 5.71 Å². The smallest absolute Gasteiger partial charge is 0.0544 e. The fraction of sp³-hybridized carbons (Fsp3) is 0.875. The molecule has 0 radical (unpaired) electrons. The van der Waals surface area contributed by atoms with Gasteiger partial charge in [-0.1, -0.05) is 6.92 Å². The summed E-state index contributed by atoms with van der Waals surface area (Å²) in [5.74, 6) is 0. The summed E-state index contributed by atoms with van der Waals surface area (Å²) in [5.41, 5.74) is 4.10. The van der Waals surface area contributed by atoms with Crippen molar-refractivity contribution < 1.29 is 0 Å². The number of nitrogens with one attached hydrogen (secondary N) is 2. The lowest BCUT2D eigenvalue weighted by atomic mass is 10.1. The third-order valence-corrected chi connectivity index (χ3v) is 2.08. The van der Waals surface area contributed by atoms with E-state index in [2.05, 4.69) is 22.8 Å². The highest BCUT2D eigenvalue weighted by molar-refractivity contribution is 5.89. The Morgan fingerprint density at radius 3 is 3.00 bits per heavy atom. The minimum absolute atomic E-state index is 0.535. The number of nitrogens with zero attached hydrogens (tertiary/aromatic N) is 1. The van der Waals surface area contributed by atoms with Gasteiger partial charge in [0.05, 0.1) is 5.71 Å². The Labute approximate surface area is 68.3 Å². The number of hydrogen-bond donors (Lipinski definition) is 2. The first-order valence-electron chi connectivity index (χ1n) is 4.35. The topological polar surface area (TPSA) is 36.4 Å². The Kier molecular flexibility index (Phi) is 3.36. The number of hydrogen-bond acceptors (Lipinski definition) is 3. The minimum atomic E-state index is 0.535. The van der Waals surface area contributed by atoms with Crippen LogP contribution in [0.2, 0.25) is 0 Å². The lowest BCUT2D eigenvalue weighted by Crippen LogP contribution is -2.31. The zero-order chi connectivity index (χ0) is 8.10.